The summed E-state index contributed by atoms with van der Waals surface area (Å²) >= 11 is 0. The fraction of sp³-hybridized carbons (Fsp3) is 0.0870. The van der Waals surface area contributed by atoms with Crippen molar-refractivity contribution in [2.45, 2.75) is 6.92 Å². The summed E-state index contributed by atoms with van der Waals surface area (Å²) in [5.74, 6) is -0.264. The molecule has 0 aromatic heterocycles. The lowest BCUT2D eigenvalue weighted by Crippen LogP contribution is -2.04. The Hall–Kier alpha value is -3.33. The number of aryl methyl sites for hydroxylation is 1. The highest BCUT2D eigenvalue weighted by atomic mass is 16.5. The predicted octanol–water partition coefficient (Wildman–Crippen LogP) is 5.68. The van der Waals surface area contributed by atoms with Crippen LogP contribution in [-0.2, 0) is 0 Å². The smallest absolute Gasteiger partial charge is 0.336 e. The highest BCUT2D eigenvalue weighted by molar-refractivity contribution is 6.11. The average Bonchev–Trinajstić information content (AvgIpc) is 2.65. The molecule has 0 aliphatic carbocycles. The third-order valence-corrected chi connectivity index (χ3v) is 4.80. The Kier molecular flexibility index (Phi) is 3.85. The summed E-state index contributed by atoms with van der Waals surface area (Å²) in [6, 6.07) is 21.8. The van der Waals surface area contributed by atoms with Crippen molar-refractivity contribution >= 4 is 27.5 Å². The molecule has 0 aliphatic rings. The molecule has 0 fully saturated rings. The van der Waals surface area contributed by atoms with Gasteiger partial charge in [-0.1, -0.05) is 54.6 Å². The van der Waals surface area contributed by atoms with Gasteiger partial charge in [0.2, 0.25) is 0 Å². The summed E-state index contributed by atoms with van der Waals surface area (Å²) in [7, 11) is 1.62. The molecule has 0 amide bonds. The normalized spacial score (nSPS) is 11.0. The van der Waals surface area contributed by atoms with Crippen LogP contribution in [0.15, 0.2) is 66.7 Å². The van der Waals surface area contributed by atoms with Gasteiger partial charge in [0.15, 0.2) is 0 Å². The largest absolute Gasteiger partial charge is 0.496 e. The minimum absolute atomic E-state index is 0.317. The van der Waals surface area contributed by atoms with Crippen molar-refractivity contribution in [3.8, 4) is 16.9 Å². The van der Waals surface area contributed by atoms with E-state index in [1.807, 2.05) is 73.7 Å². The van der Waals surface area contributed by atoms with E-state index in [0.717, 1.165) is 32.7 Å². The fourth-order valence-electron chi connectivity index (χ4n) is 3.63. The number of carbonyl (C=O) groups is 1. The molecular weight excluding hydrogens is 324 g/mol. The molecule has 0 unspecified atom stereocenters. The van der Waals surface area contributed by atoms with Gasteiger partial charge in [-0.3, -0.25) is 0 Å². The molecule has 4 rings (SSSR count). The number of hydrogen-bond donors (Lipinski definition) is 1. The molecule has 1 N–H and O–H groups in total. The van der Waals surface area contributed by atoms with Gasteiger partial charge in [-0.15, -0.1) is 0 Å². The lowest BCUT2D eigenvalue weighted by molar-refractivity contribution is 0.0697. The predicted molar refractivity (Wildman–Crippen MR) is 105 cm³/mol. The van der Waals surface area contributed by atoms with Crippen LogP contribution in [0.3, 0.4) is 0 Å². The van der Waals surface area contributed by atoms with Gasteiger partial charge < -0.3 is 9.84 Å². The first-order valence-electron chi connectivity index (χ1n) is 8.43. The van der Waals surface area contributed by atoms with Crippen LogP contribution in [0.5, 0.6) is 5.75 Å². The number of ether oxygens (including phenoxy) is 1. The zero-order valence-corrected chi connectivity index (χ0v) is 14.6. The molecule has 3 heteroatoms. The summed E-state index contributed by atoms with van der Waals surface area (Å²) in [6.07, 6.45) is 0. The molecule has 3 nitrogen and oxygen atoms in total. The summed E-state index contributed by atoms with van der Waals surface area (Å²) in [5, 5.41) is 13.9. The zero-order valence-electron chi connectivity index (χ0n) is 14.6. The van der Waals surface area contributed by atoms with Crippen molar-refractivity contribution in [3.63, 3.8) is 0 Å². The third-order valence-electron chi connectivity index (χ3n) is 4.80. The van der Waals surface area contributed by atoms with Gasteiger partial charge in [0.05, 0.1) is 12.7 Å². The van der Waals surface area contributed by atoms with Gasteiger partial charge in [0, 0.05) is 11.1 Å². The number of fused-ring (bicyclic) bond motifs is 2. The molecular formula is C23H18O3. The molecule has 0 aliphatic heterocycles. The summed E-state index contributed by atoms with van der Waals surface area (Å²) in [6.45, 7) is 1.84. The van der Waals surface area contributed by atoms with Crippen molar-refractivity contribution in [1.29, 1.82) is 0 Å². The second-order valence-corrected chi connectivity index (χ2v) is 6.37. The average molecular weight is 342 g/mol. The van der Waals surface area contributed by atoms with E-state index in [9.17, 15) is 9.90 Å². The summed E-state index contributed by atoms with van der Waals surface area (Å²) < 4.78 is 5.64. The fourth-order valence-corrected chi connectivity index (χ4v) is 3.63. The van der Waals surface area contributed by atoms with Crippen molar-refractivity contribution < 1.29 is 14.6 Å². The van der Waals surface area contributed by atoms with Gasteiger partial charge in [-0.25, -0.2) is 4.79 Å². The van der Waals surface area contributed by atoms with E-state index in [1.165, 1.54) is 0 Å². The quantitative estimate of drug-likeness (QED) is 0.521. The Balaban J connectivity index is 2.19. The van der Waals surface area contributed by atoms with Crippen molar-refractivity contribution in [2.24, 2.45) is 0 Å². The lowest BCUT2D eigenvalue weighted by Gasteiger charge is -2.17. The lowest BCUT2D eigenvalue weighted by atomic mass is 9.88. The molecule has 4 aromatic rings. The molecule has 4 aromatic carbocycles. The zero-order chi connectivity index (χ0) is 18.3. The number of aromatic carboxylic acids is 1. The molecule has 0 bridgehead atoms. The van der Waals surface area contributed by atoms with E-state index in [-0.39, 0.29) is 0 Å². The van der Waals surface area contributed by atoms with E-state index < -0.39 is 5.97 Å². The molecule has 0 radical (unpaired) electrons. The molecule has 0 atom stereocenters. The van der Waals surface area contributed by atoms with E-state index in [1.54, 1.807) is 7.11 Å². The van der Waals surface area contributed by atoms with Crippen LogP contribution in [0, 0.1) is 6.92 Å². The molecule has 0 saturated carbocycles. The van der Waals surface area contributed by atoms with E-state index >= 15 is 0 Å². The van der Waals surface area contributed by atoms with Crippen molar-refractivity contribution in [3.05, 3.63) is 77.9 Å². The Morgan fingerprint density at radius 2 is 1.50 bits per heavy atom. The molecule has 0 spiro atoms. The number of carboxylic acids is 1. The van der Waals surface area contributed by atoms with Gasteiger partial charge in [-0.05, 0) is 46.2 Å². The summed E-state index contributed by atoms with van der Waals surface area (Å²) in [5.41, 5.74) is 2.55. The number of rotatable bonds is 3. The van der Waals surface area contributed by atoms with Crippen LogP contribution < -0.4 is 4.74 Å². The van der Waals surface area contributed by atoms with Gasteiger partial charge in [0.1, 0.15) is 5.75 Å². The number of benzene rings is 4. The Morgan fingerprint density at radius 1 is 0.885 bits per heavy atom. The van der Waals surface area contributed by atoms with E-state index in [0.29, 0.717) is 16.9 Å². The Morgan fingerprint density at radius 3 is 2.15 bits per heavy atom. The van der Waals surface area contributed by atoms with Crippen molar-refractivity contribution in [2.75, 3.05) is 7.11 Å². The van der Waals surface area contributed by atoms with Crippen LogP contribution in [0.4, 0.5) is 0 Å². The Bertz CT molecular complexity index is 1160. The van der Waals surface area contributed by atoms with E-state index in [2.05, 4.69) is 0 Å². The number of methoxy groups -OCH3 is 1. The van der Waals surface area contributed by atoms with E-state index in [4.69, 9.17) is 4.74 Å². The first kappa shape index (κ1) is 16.2. The first-order chi connectivity index (χ1) is 12.6. The van der Waals surface area contributed by atoms with Crippen LogP contribution in [0.2, 0.25) is 0 Å². The van der Waals surface area contributed by atoms with Crippen LogP contribution in [0.1, 0.15) is 15.9 Å². The van der Waals surface area contributed by atoms with Gasteiger partial charge in [-0.2, -0.15) is 0 Å². The minimum atomic E-state index is -0.932. The molecule has 0 heterocycles. The van der Waals surface area contributed by atoms with Crippen LogP contribution in [0.25, 0.3) is 32.7 Å². The SMILES string of the molecule is COc1cc2ccccc2cc1-c1c(C(=O)O)c(C)cc2ccccc12. The maximum Gasteiger partial charge on any atom is 0.336 e. The maximum atomic E-state index is 12.1. The summed E-state index contributed by atoms with van der Waals surface area (Å²) in [4.78, 5) is 12.1. The minimum Gasteiger partial charge on any atom is -0.496 e. The number of carboxylic acid groups (broad SMARTS) is 1. The van der Waals surface area contributed by atoms with Gasteiger partial charge >= 0.3 is 5.97 Å². The van der Waals surface area contributed by atoms with Crippen LogP contribution >= 0.6 is 0 Å². The Labute approximate surface area is 151 Å². The second-order valence-electron chi connectivity index (χ2n) is 6.37. The van der Waals surface area contributed by atoms with Crippen molar-refractivity contribution in [1.82, 2.24) is 0 Å². The second kappa shape index (κ2) is 6.19. The topological polar surface area (TPSA) is 46.5 Å². The molecule has 128 valence electrons. The highest BCUT2D eigenvalue weighted by Gasteiger charge is 2.21. The molecule has 26 heavy (non-hydrogen) atoms. The first-order valence-corrected chi connectivity index (χ1v) is 8.43. The maximum absolute atomic E-state index is 12.1. The third kappa shape index (κ3) is 2.49. The molecule has 0 saturated heterocycles. The van der Waals surface area contributed by atoms with Gasteiger partial charge in [0.25, 0.3) is 0 Å². The monoisotopic (exact) mass is 342 g/mol. The number of hydrogen-bond acceptors (Lipinski definition) is 2. The highest BCUT2D eigenvalue weighted by Crippen LogP contribution is 2.41. The standard InChI is InChI=1S/C23H18O3/c1-14-11-17-9-5-6-10-18(17)22(21(14)23(24)25)19-12-15-7-3-4-8-16(15)13-20(19)26-2/h3-13H,1-2H3,(H,24,25). The van der Waals surface area contributed by atoms with Crippen LogP contribution in [-0.4, -0.2) is 18.2 Å².